The molecule has 0 atom stereocenters. The molecule has 0 radical (unpaired) electrons. The summed E-state index contributed by atoms with van der Waals surface area (Å²) in [4.78, 5) is 15.3. The van der Waals surface area contributed by atoms with Crippen LogP contribution >= 0.6 is 0 Å². The van der Waals surface area contributed by atoms with Crippen LogP contribution in [-0.4, -0.2) is 19.8 Å². The van der Waals surface area contributed by atoms with E-state index < -0.39 is 11.5 Å². The number of aryl methyl sites for hydroxylation is 1. The van der Waals surface area contributed by atoms with Gasteiger partial charge in [-0.2, -0.15) is 9.36 Å². The highest BCUT2D eigenvalue weighted by Gasteiger charge is 2.15. The van der Waals surface area contributed by atoms with Crippen LogP contribution in [0.25, 0.3) is 10.5 Å². The average Bonchev–Trinajstić information content (AvgIpc) is 2.93. The third-order valence-corrected chi connectivity index (χ3v) is 3.37. The largest absolute Gasteiger partial charge is 0.490 e. The second kappa shape index (κ2) is 6.34. The van der Waals surface area contributed by atoms with Crippen LogP contribution in [0.1, 0.15) is 5.56 Å². The van der Waals surface area contributed by atoms with Gasteiger partial charge in [-0.1, -0.05) is 18.2 Å². The van der Waals surface area contributed by atoms with Gasteiger partial charge in [-0.25, -0.2) is 14.0 Å². The summed E-state index contributed by atoms with van der Waals surface area (Å²) in [6, 6.07) is 10.9. The minimum absolute atomic E-state index is 0.119. The first-order valence-corrected chi connectivity index (χ1v) is 6.97. The molecule has 0 aliphatic carbocycles. The summed E-state index contributed by atoms with van der Waals surface area (Å²) >= 11 is 0. The molecule has 2 aromatic carbocycles. The van der Waals surface area contributed by atoms with Crippen molar-refractivity contribution in [3.05, 3.63) is 75.7 Å². The lowest BCUT2D eigenvalue weighted by Gasteiger charge is -2.11. The topological polar surface area (TPSA) is 66.3 Å². The minimum Gasteiger partial charge on any atom is -0.490 e. The van der Waals surface area contributed by atoms with Crippen molar-refractivity contribution in [1.82, 2.24) is 19.8 Å². The molecule has 7 nitrogen and oxygen atoms in total. The van der Waals surface area contributed by atoms with Crippen LogP contribution in [0.5, 0.6) is 5.75 Å². The van der Waals surface area contributed by atoms with Gasteiger partial charge in [0.05, 0.1) is 17.8 Å². The van der Waals surface area contributed by atoms with E-state index in [1.807, 2.05) is 0 Å². The number of ether oxygens (including phenoxy) is 1. The predicted octanol–water partition coefficient (Wildman–Crippen LogP) is 2.23. The van der Waals surface area contributed by atoms with Crippen LogP contribution in [0.4, 0.5) is 10.1 Å². The van der Waals surface area contributed by atoms with Crippen molar-refractivity contribution < 1.29 is 9.13 Å². The van der Waals surface area contributed by atoms with Crippen LogP contribution in [-0.2, 0) is 13.7 Å². The smallest absolute Gasteiger partial charge is 0.368 e. The van der Waals surface area contributed by atoms with E-state index in [2.05, 4.69) is 15.3 Å². The molecule has 24 heavy (non-hydrogen) atoms. The van der Waals surface area contributed by atoms with Crippen LogP contribution in [0.2, 0.25) is 0 Å². The number of hydrogen-bond donors (Lipinski definition) is 0. The first kappa shape index (κ1) is 15.4. The molecular formula is C16H12FN5O2. The summed E-state index contributed by atoms with van der Waals surface area (Å²) in [7, 11) is 1.46. The molecule has 120 valence electrons. The highest BCUT2D eigenvalue weighted by atomic mass is 19.1. The van der Waals surface area contributed by atoms with E-state index in [9.17, 15) is 9.18 Å². The lowest BCUT2D eigenvalue weighted by Crippen LogP contribution is -2.23. The summed E-state index contributed by atoms with van der Waals surface area (Å²) in [6.45, 7) is 6.88. The van der Waals surface area contributed by atoms with Crippen LogP contribution in [0.3, 0.4) is 0 Å². The molecule has 0 saturated heterocycles. The molecule has 3 rings (SSSR count). The molecule has 1 heterocycles. The van der Waals surface area contributed by atoms with Gasteiger partial charge in [0.2, 0.25) is 0 Å². The zero-order chi connectivity index (χ0) is 17.1. The average molecular weight is 325 g/mol. The fourth-order valence-corrected chi connectivity index (χ4v) is 2.15. The number of nitrogens with zero attached hydrogens (tertiary/aromatic N) is 5. The number of halogens is 1. The SMILES string of the molecule is [C-]#[N+]c1cccc(OCc2c(F)cccc2-n2nnn(C)c2=O)c1. The zero-order valence-corrected chi connectivity index (χ0v) is 12.7. The lowest BCUT2D eigenvalue weighted by atomic mass is 10.1. The van der Waals surface area contributed by atoms with Crippen molar-refractivity contribution in [2.75, 3.05) is 0 Å². The Kier molecular flexibility index (Phi) is 4.07. The molecule has 0 amide bonds. The first-order valence-electron chi connectivity index (χ1n) is 6.97. The molecule has 0 N–H and O–H groups in total. The third-order valence-electron chi connectivity index (χ3n) is 3.37. The van der Waals surface area contributed by atoms with Gasteiger partial charge in [0.1, 0.15) is 18.2 Å². The van der Waals surface area contributed by atoms with E-state index in [1.54, 1.807) is 30.3 Å². The van der Waals surface area contributed by atoms with Crippen molar-refractivity contribution >= 4 is 5.69 Å². The molecule has 0 unspecified atom stereocenters. The molecule has 1 aromatic heterocycles. The molecular weight excluding hydrogens is 313 g/mol. The van der Waals surface area contributed by atoms with E-state index in [4.69, 9.17) is 11.3 Å². The fourth-order valence-electron chi connectivity index (χ4n) is 2.15. The highest BCUT2D eigenvalue weighted by Crippen LogP contribution is 2.23. The Bertz CT molecular complexity index is 987. The number of aromatic nitrogens is 4. The Morgan fingerprint density at radius 1 is 1.25 bits per heavy atom. The molecule has 3 aromatic rings. The Morgan fingerprint density at radius 3 is 2.75 bits per heavy atom. The molecule has 0 aliphatic heterocycles. The second-order valence-electron chi connectivity index (χ2n) is 4.93. The normalized spacial score (nSPS) is 10.4. The van der Waals surface area contributed by atoms with Gasteiger partial charge in [0, 0.05) is 7.05 Å². The quantitative estimate of drug-likeness (QED) is 0.690. The summed E-state index contributed by atoms with van der Waals surface area (Å²) in [6.07, 6.45) is 0. The van der Waals surface area contributed by atoms with Crippen LogP contribution < -0.4 is 10.4 Å². The fraction of sp³-hybridized carbons (Fsp3) is 0.125. The highest BCUT2D eigenvalue weighted by molar-refractivity contribution is 5.49. The van der Waals surface area contributed by atoms with E-state index in [-0.39, 0.29) is 17.9 Å². The predicted molar refractivity (Wildman–Crippen MR) is 83.6 cm³/mol. The van der Waals surface area contributed by atoms with Gasteiger partial charge in [0.15, 0.2) is 5.69 Å². The lowest BCUT2D eigenvalue weighted by molar-refractivity contribution is 0.299. The van der Waals surface area contributed by atoms with E-state index >= 15 is 0 Å². The number of tetrazole rings is 1. The maximum absolute atomic E-state index is 14.2. The Labute approximate surface area is 136 Å². The summed E-state index contributed by atoms with van der Waals surface area (Å²) in [5.74, 6) is -0.0874. The van der Waals surface area contributed by atoms with Gasteiger partial charge in [-0.05, 0) is 34.7 Å². The number of hydrogen-bond acceptors (Lipinski definition) is 4. The van der Waals surface area contributed by atoms with Crippen molar-refractivity contribution in [2.24, 2.45) is 7.05 Å². The Balaban J connectivity index is 1.95. The summed E-state index contributed by atoms with van der Waals surface area (Å²) in [5.41, 5.74) is 0.367. The molecule has 0 fully saturated rings. The van der Waals surface area contributed by atoms with E-state index in [0.29, 0.717) is 11.4 Å². The minimum atomic E-state index is -0.522. The molecule has 8 heteroatoms. The maximum Gasteiger partial charge on any atom is 0.368 e. The first-order chi connectivity index (χ1) is 11.6. The molecule has 0 aliphatic rings. The molecule has 0 saturated carbocycles. The van der Waals surface area contributed by atoms with Gasteiger partial charge in [-0.3, -0.25) is 0 Å². The summed E-state index contributed by atoms with van der Waals surface area (Å²) in [5, 5.41) is 7.35. The van der Waals surface area contributed by atoms with E-state index in [0.717, 1.165) is 9.36 Å². The van der Waals surface area contributed by atoms with Gasteiger partial charge < -0.3 is 4.74 Å². The Morgan fingerprint density at radius 2 is 2.04 bits per heavy atom. The van der Waals surface area contributed by atoms with Crippen LogP contribution in [0, 0.1) is 12.4 Å². The van der Waals surface area contributed by atoms with E-state index in [1.165, 1.54) is 19.2 Å². The number of benzene rings is 2. The third kappa shape index (κ3) is 2.87. The molecule has 0 bridgehead atoms. The second-order valence-corrected chi connectivity index (χ2v) is 4.93. The monoisotopic (exact) mass is 325 g/mol. The standard InChI is InChI=1S/C16H12FN5O2/c1-18-11-5-3-6-12(9-11)24-10-13-14(17)7-4-8-15(13)22-16(23)21(2)19-20-22/h3-9H,10H2,2H3. The van der Waals surface area contributed by atoms with Gasteiger partial charge >= 0.3 is 5.69 Å². The van der Waals surface area contributed by atoms with Crippen molar-refractivity contribution in [2.45, 2.75) is 6.61 Å². The maximum atomic E-state index is 14.2. The summed E-state index contributed by atoms with van der Waals surface area (Å²) < 4.78 is 21.9. The van der Waals surface area contributed by atoms with Crippen molar-refractivity contribution in [1.29, 1.82) is 0 Å². The van der Waals surface area contributed by atoms with Gasteiger partial charge in [-0.15, -0.1) is 0 Å². The Hall–Kier alpha value is -3.47. The zero-order valence-electron chi connectivity index (χ0n) is 12.7. The molecule has 0 spiro atoms. The number of rotatable bonds is 4. The van der Waals surface area contributed by atoms with Crippen molar-refractivity contribution in [3.63, 3.8) is 0 Å². The van der Waals surface area contributed by atoms with Gasteiger partial charge in [0.25, 0.3) is 0 Å². The van der Waals surface area contributed by atoms with Crippen molar-refractivity contribution in [3.8, 4) is 11.4 Å². The van der Waals surface area contributed by atoms with Crippen LogP contribution in [0.15, 0.2) is 47.3 Å².